The van der Waals surface area contributed by atoms with E-state index in [0.29, 0.717) is 17.6 Å². The van der Waals surface area contributed by atoms with Gasteiger partial charge in [-0.1, -0.05) is 58.0 Å². The second-order valence-electron chi connectivity index (χ2n) is 7.68. The monoisotopic (exact) mass is 398 g/mol. The fourth-order valence-corrected chi connectivity index (χ4v) is 3.22. The van der Waals surface area contributed by atoms with Gasteiger partial charge in [-0.05, 0) is 66.2 Å². The molecule has 28 heavy (non-hydrogen) atoms. The summed E-state index contributed by atoms with van der Waals surface area (Å²) >= 11 is 5.38. The molecule has 150 valence electrons. The molecule has 0 aromatic heterocycles. The highest BCUT2D eigenvalue weighted by molar-refractivity contribution is 7.80. The van der Waals surface area contributed by atoms with E-state index in [1.54, 1.807) is 0 Å². The molecule has 0 saturated carbocycles. The van der Waals surface area contributed by atoms with E-state index in [1.807, 2.05) is 32.0 Å². The largest absolute Gasteiger partial charge is 0.483 e. The predicted octanol–water partition coefficient (Wildman–Crippen LogP) is 5.44. The molecule has 0 saturated heterocycles. The molecule has 0 aliphatic heterocycles. The average Bonchev–Trinajstić information content (AvgIpc) is 2.62. The number of aryl methyl sites for hydroxylation is 2. The number of ether oxygens (including phenoxy) is 1. The number of carbonyl (C=O) groups is 1. The summed E-state index contributed by atoms with van der Waals surface area (Å²) < 4.78 is 5.65. The first-order valence-corrected chi connectivity index (χ1v) is 10.0. The Morgan fingerprint density at radius 2 is 1.64 bits per heavy atom. The summed E-state index contributed by atoms with van der Waals surface area (Å²) in [6.07, 6.45) is 0. The number of anilines is 1. The van der Waals surface area contributed by atoms with Gasteiger partial charge in [0.25, 0.3) is 5.91 Å². The van der Waals surface area contributed by atoms with Crippen LogP contribution in [0.15, 0.2) is 36.4 Å². The normalized spacial score (nSPS) is 10.9. The van der Waals surface area contributed by atoms with Gasteiger partial charge in [-0.3, -0.25) is 10.1 Å². The van der Waals surface area contributed by atoms with E-state index >= 15 is 0 Å². The van der Waals surface area contributed by atoms with Gasteiger partial charge in [0.2, 0.25) is 0 Å². The lowest BCUT2D eigenvalue weighted by Crippen LogP contribution is -2.37. The van der Waals surface area contributed by atoms with Crippen LogP contribution in [0.4, 0.5) is 5.69 Å². The number of hydrogen-bond donors (Lipinski definition) is 2. The minimum absolute atomic E-state index is 0.0883. The predicted molar refractivity (Wildman–Crippen MR) is 120 cm³/mol. The van der Waals surface area contributed by atoms with Gasteiger partial charge in [0.1, 0.15) is 5.75 Å². The molecular formula is C23H30N2O2S. The summed E-state index contributed by atoms with van der Waals surface area (Å²) in [6, 6.07) is 12.2. The first-order chi connectivity index (χ1) is 13.2. The molecule has 2 N–H and O–H groups in total. The van der Waals surface area contributed by atoms with Crippen molar-refractivity contribution in [3.8, 4) is 5.75 Å². The molecule has 0 aliphatic rings. The smallest absolute Gasteiger partial charge is 0.264 e. The van der Waals surface area contributed by atoms with Crippen molar-refractivity contribution in [2.75, 3.05) is 11.9 Å². The van der Waals surface area contributed by atoms with Crippen molar-refractivity contribution in [3.05, 3.63) is 58.7 Å². The van der Waals surface area contributed by atoms with Crippen molar-refractivity contribution < 1.29 is 9.53 Å². The topological polar surface area (TPSA) is 50.4 Å². The van der Waals surface area contributed by atoms with Crippen LogP contribution >= 0.6 is 12.2 Å². The van der Waals surface area contributed by atoms with Crippen molar-refractivity contribution >= 4 is 28.9 Å². The highest BCUT2D eigenvalue weighted by atomic mass is 32.1. The Bertz CT molecular complexity index is 833. The third kappa shape index (κ3) is 5.80. The van der Waals surface area contributed by atoms with Crippen LogP contribution in [0, 0.1) is 13.8 Å². The number of rotatable bonds is 6. The van der Waals surface area contributed by atoms with Crippen LogP contribution < -0.4 is 15.4 Å². The van der Waals surface area contributed by atoms with Gasteiger partial charge in [0, 0.05) is 5.69 Å². The van der Waals surface area contributed by atoms with Crippen LogP contribution in [0.2, 0.25) is 0 Å². The van der Waals surface area contributed by atoms with Gasteiger partial charge in [-0.15, -0.1) is 0 Å². The number of para-hydroxylation sites is 1. The van der Waals surface area contributed by atoms with E-state index in [0.717, 1.165) is 16.8 Å². The Hall–Kier alpha value is -2.40. The highest BCUT2D eigenvalue weighted by Crippen LogP contribution is 2.32. The zero-order valence-electron chi connectivity index (χ0n) is 17.6. The molecule has 0 aliphatic carbocycles. The van der Waals surface area contributed by atoms with Crippen LogP contribution in [-0.2, 0) is 4.79 Å². The lowest BCUT2D eigenvalue weighted by molar-refractivity contribution is -0.121. The van der Waals surface area contributed by atoms with Crippen LogP contribution in [0.5, 0.6) is 5.75 Å². The molecule has 0 spiro atoms. The molecule has 0 bridgehead atoms. The van der Waals surface area contributed by atoms with E-state index in [1.165, 1.54) is 11.1 Å². The maximum Gasteiger partial charge on any atom is 0.264 e. The second kappa shape index (κ2) is 9.69. The minimum Gasteiger partial charge on any atom is -0.483 e. The van der Waals surface area contributed by atoms with Crippen molar-refractivity contribution in [2.24, 2.45) is 0 Å². The standard InChI is InChI=1S/C23H30N2O2S/c1-14(2)18-8-7-9-19(15(3)4)22(18)25-23(28)24-21(26)13-27-20-12-16(5)10-11-17(20)6/h7-12,14-15H,13H2,1-6H3,(H2,24,25,26,28). The molecule has 0 radical (unpaired) electrons. The van der Waals surface area contributed by atoms with Gasteiger partial charge in [-0.2, -0.15) is 0 Å². The van der Waals surface area contributed by atoms with Crippen LogP contribution in [0.25, 0.3) is 0 Å². The van der Waals surface area contributed by atoms with Gasteiger partial charge in [-0.25, -0.2) is 0 Å². The molecule has 0 unspecified atom stereocenters. The van der Waals surface area contributed by atoms with Crippen molar-refractivity contribution in [2.45, 2.75) is 53.4 Å². The number of benzene rings is 2. The minimum atomic E-state index is -0.286. The quantitative estimate of drug-likeness (QED) is 0.636. The average molecular weight is 399 g/mol. The Morgan fingerprint density at radius 3 is 2.21 bits per heavy atom. The Morgan fingerprint density at radius 1 is 1.04 bits per heavy atom. The zero-order valence-corrected chi connectivity index (χ0v) is 18.4. The van der Waals surface area contributed by atoms with Crippen LogP contribution in [0.3, 0.4) is 0 Å². The summed E-state index contributed by atoms with van der Waals surface area (Å²) in [4.78, 5) is 12.3. The van der Waals surface area contributed by atoms with E-state index in [4.69, 9.17) is 17.0 Å². The lowest BCUT2D eigenvalue weighted by Gasteiger charge is -2.21. The number of nitrogens with one attached hydrogen (secondary N) is 2. The third-order valence-electron chi connectivity index (χ3n) is 4.57. The molecule has 0 heterocycles. The van der Waals surface area contributed by atoms with Gasteiger partial charge < -0.3 is 10.1 Å². The molecule has 2 aromatic rings. The fraction of sp³-hybridized carbons (Fsp3) is 0.391. The number of hydrogen-bond acceptors (Lipinski definition) is 3. The molecule has 1 amide bonds. The van der Waals surface area contributed by atoms with E-state index in [2.05, 4.69) is 56.5 Å². The summed E-state index contributed by atoms with van der Waals surface area (Å²) in [5.41, 5.74) is 5.41. The van der Waals surface area contributed by atoms with Crippen molar-refractivity contribution in [1.82, 2.24) is 5.32 Å². The highest BCUT2D eigenvalue weighted by Gasteiger charge is 2.16. The SMILES string of the molecule is Cc1ccc(C)c(OCC(=O)NC(=S)Nc2c(C(C)C)cccc2C(C)C)c1. The maximum atomic E-state index is 12.3. The zero-order chi connectivity index (χ0) is 20.8. The van der Waals surface area contributed by atoms with Crippen LogP contribution in [0.1, 0.15) is 61.8 Å². The molecule has 2 aromatic carbocycles. The summed E-state index contributed by atoms with van der Waals surface area (Å²) in [7, 11) is 0. The Labute approximate surface area is 173 Å². The van der Waals surface area contributed by atoms with E-state index in [-0.39, 0.29) is 17.6 Å². The lowest BCUT2D eigenvalue weighted by atomic mass is 9.93. The summed E-state index contributed by atoms with van der Waals surface area (Å²) in [6.45, 7) is 12.4. The first-order valence-electron chi connectivity index (χ1n) is 9.62. The molecule has 2 rings (SSSR count). The first kappa shape index (κ1) is 21.9. The van der Waals surface area contributed by atoms with E-state index < -0.39 is 0 Å². The number of amides is 1. The molecular weight excluding hydrogens is 368 g/mol. The molecule has 5 heteroatoms. The second-order valence-corrected chi connectivity index (χ2v) is 8.09. The number of carbonyl (C=O) groups excluding carboxylic acids is 1. The van der Waals surface area contributed by atoms with Gasteiger partial charge in [0.05, 0.1) is 0 Å². The van der Waals surface area contributed by atoms with Gasteiger partial charge in [0.15, 0.2) is 11.7 Å². The Kier molecular flexibility index (Phi) is 7.58. The van der Waals surface area contributed by atoms with Crippen molar-refractivity contribution in [3.63, 3.8) is 0 Å². The van der Waals surface area contributed by atoms with E-state index in [9.17, 15) is 4.79 Å². The third-order valence-corrected chi connectivity index (χ3v) is 4.77. The summed E-state index contributed by atoms with van der Waals surface area (Å²) in [5.74, 6) is 1.10. The van der Waals surface area contributed by atoms with Gasteiger partial charge >= 0.3 is 0 Å². The molecule has 0 fully saturated rings. The molecule has 0 atom stereocenters. The molecule has 4 nitrogen and oxygen atoms in total. The summed E-state index contributed by atoms with van der Waals surface area (Å²) in [5, 5.41) is 6.24. The fourth-order valence-electron chi connectivity index (χ4n) is 3.01. The van der Waals surface area contributed by atoms with Crippen molar-refractivity contribution in [1.29, 1.82) is 0 Å². The maximum absolute atomic E-state index is 12.3. The Balaban J connectivity index is 2.04. The number of thiocarbonyl (C=S) groups is 1. The van der Waals surface area contributed by atoms with Crippen LogP contribution in [-0.4, -0.2) is 17.6 Å².